The Morgan fingerprint density at radius 2 is 1.38 bits per heavy atom. The molecular weight excluding hydrogens is 566 g/mol. The van der Waals surface area contributed by atoms with Crippen LogP contribution in [-0.2, 0) is 20.9 Å². The number of benzene rings is 4. The highest BCUT2D eigenvalue weighted by molar-refractivity contribution is 6.22. The van der Waals surface area contributed by atoms with Crippen LogP contribution in [0.15, 0.2) is 109 Å². The first-order valence-electron chi connectivity index (χ1n) is 15.4. The molecule has 45 heavy (non-hydrogen) atoms. The summed E-state index contributed by atoms with van der Waals surface area (Å²) in [7, 11) is 0. The van der Waals surface area contributed by atoms with Crippen molar-refractivity contribution in [3.63, 3.8) is 0 Å². The number of hydrogen-bond donors (Lipinski definition) is 0. The summed E-state index contributed by atoms with van der Waals surface area (Å²) in [6.07, 6.45) is 0.826. The molecule has 1 aliphatic heterocycles. The number of rotatable bonds is 9. The molecule has 3 fully saturated rings. The Labute approximate surface area is 261 Å². The maximum atomic E-state index is 13.6. The van der Waals surface area contributed by atoms with E-state index in [1.54, 1.807) is 36.4 Å². The van der Waals surface area contributed by atoms with E-state index in [0.29, 0.717) is 29.5 Å². The fourth-order valence-electron chi connectivity index (χ4n) is 7.52. The van der Waals surface area contributed by atoms with Gasteiger partial charge in [-0.15, -0.1) is 0 Å². The van der Waals surface area contributed by atoms with Gasteiger partial charge in [0.1, 0.15) is 12.4 Å². The monoisotopic (exact) mass is 599 g/mol. The molecule has 0 unspecified atom stereocenters. The van der Waals surface area contributed by atoms with Gasteiger partial charge in [0.15, 0.2) is 6.10 Å². The second kappa shape index (κ2) is 11.8. The Bertz CT molecular complexity index is 1730. The van der Waals surface area contributed by atoms with Crippen molar-refractivity contribution in [3.05, 3.63) is 131 Å². The topological polar surface area (TPSA) is 90.0 Å². The van der Waals surface area contributed by atoms with E-state index in [2.05, 4.69) is 12.1 Å². The number of ether oxygens (including phenoxy) is 2. The molecule has 0 aromatic heterocycles. The Balaban J connectivity index is 0.969. The number of imide groups is 1. The number of carbonyl (C=O) groups is 4. The third-order valence-corrected chi connectivity index (χ3v) is 9.64. The molecule has 0 spiro atoms. The van der Waals surface area contributed by atoms with Crippen molar-refractivity contribution in [1.29, 1.82) is 0 Å². The number of nitrogens with zero attached hydrogens (tertiary/aromatic N) is 1. The summed E-state index contributed by atoms with van der Waals surface area (Å²) >= 11 is 0. The molecule has 2 amide bonds. The molecule has 4 aromatic carbocycles. The molecule has 0 N–H and O–H groups in total. The van der Waals surface area contributed by atoms with Crippen LogP contribution in [0.3, 0.4) is 0 Å². The lowest BCUT2D eigenvalue weighted by atomic mass is 9.73. The van der Waals surface area contributed by atoms with Gasteiger partial charge in [-0.2, -0.15) is 0 Å². The summed E-state index contributed by atoms with van der Waals surface area (Å²) in [5, 5.41) is 0. The number of fused-ring (bicyclic) bond motifs is 5. The number of carbonyl (C=O) groups excluding carboxylic acids is 4. The number of esters is 1. The molecule has 2 saturated carbocycles. The summed E-state index contributed by atoms with van der Waals surface area (Å²) in [5.41, 5.74) is 3.36. The third kappa shape index (κ3) is 5.33. The van der Waals surface area contributed by atoms with E-state index >= 15 is 0 Å². The number of ketones is 1. The van der Waals surface area contributed by atoms with Gasteiger partial charge in [-0.05, 0) is 97.2 Å². The van der Waals surface area contributed by atoms with E-state index < -0.39 is 12.1 Å². The summed E-state index contributed by atoms with van der Waals surface area (Å²) < 4.78 is 11.3. The summed E-state index contributed by atoms with van der Waals surface area (Å²) in [5.74, 6) is -0.578. The van der Waals surface area contributed by atoms with Gasteiger partial charge in [-0.1, -0.05) is 60.7 Å². The van der Waals surface area contributed by atoms with Gasteiger partial charge in [0.25, 0.3) is 0 Å². The molecule has 1 saturated heterocycles. The predicted molar refractivity (Wildman–Crippen MR) is 168 cm³/mol. The zero-order chi connectivity index (χ0) is 31.1. The second-order valence-electron chi connectivity index (χ2n) is 12.2. The van der Waals surface area contributed by atoms with Gasteiger partial charge in [0.2, 0.25) is 17.6 Å². The highest BCUT2D eigenvalue weighted by Gasteiger charge is 2.64. The lowest BCUT2D eigenvalue weighted by Crippen LogP contribution is -2.33. The van der Waals surface area contributed by atoms with Crippen LogP contribution in [0.1, 0.15) is 57.5 Å². The van der Waals surface area contributed by atoms with Crippen LogP contribution in [0.4, 0.5) is 5.69 Å². The third-order valence-electron chi connectivity index (χ3n) is 9.64. The van der Waals surface area contributed by atoms with E-state index in [0.717, 1.165) is 18.4 Å². The van der Waals surface area contributed by atoms with E-state index in [9.17, 15) is 19.2 Å². The zero-order valence-corrected chi connectivity index (χ0v) is 24.9. The standard InChI is InChI=1S/C38H33NO6/c1-23(35(40)26-14-18-30(19-15-26)44-22-24-8-4-2-5-9-24)45-38(43)27-12-16-29(17-13-27)39-36(41)33-28-20-31(25-10-6-3-7-11-25)32(21-28)34(33)37(39)42/h2-19,23,28,31-34H,20-22H2,1H3/t23-,28-,31+,32+,33+,34+/m0/s1. The largest absolute Gasteiger partial charge is 0.489 e. The fraction of sp³-hybridized carbons (Fsp3) is 0.263. The van der Waals surface area contributed by atoms with Gasteiger partial charge in [0, 0.05) is 5.56 Å². The van der Waals surface area contributed by atoms with Crippen LogP contribution in [0.25, 0.3) is 0 Å². The molecule has 0 radical (unpaired) electrons. The first kappa shape index (κ1) is 28.7. The van der Waals surface area contributed by atoms with Crippen molar-refractivity contribution in [2.24, 2.45) is 23.7 Å². The van der Waals surface area contributed by atoms with Gasteiger partial charge in [-0.3, -0.25) is 19.3 Å². The SMILES string of the molecule is C[C@H](OC(=O)c1ccc(N2C(=O)[C@@H]3[C@@H]4C[C@@H]([C@H]3C2=O)[C@@H](c2ccccc2)C4)cc1)C(=O)c1ccc(OCc2ccccc2)cc1. The average Bonchev–Trinajstić information content (AvgIpc) is 3.75. The first-order valence-corrected chi connectivity index (χ1v) is 15.4. The summed E-state index contributed by atoms with van der Waals surface area (Å²) in [4.78, 5) is 54.3. The van der Waals surface area contributed by atoms with Gasteiger partial charge >= 0.3 is 5.97 Å². The summed E-state index contributed by atoms with van der Waals surface area (Å²) in [6.45, 7) is 1.95. The minimum atomic E-state index is -1.01. The molecule has 7 rings (SSSR count). The van der Waals surface area contributed by atoms with E-state index in [1.807, 2.05) is 48.5 Å². The van der Waals surface area contributed by atoms with Crippen LogP contribution in [-0.4, -0.2) is 29.7 Å². The molecular formula is C38H33NO6. The van der Waals surface area contributed by atoms with Crippen molar-refractivity contribution in [2.45, 2.75) is 38.4 Å². The van der Waals surface area contributed by atoms with Gasteiger partial charge in [-0.25, -0.2) is 4.79 Å². The Morgan fingerprint density at radius 1 is 0.756 bits per heavy atom. The highest BCUT2D eigenvalue weighted by atomic mass is 16.5. The summed E-state index contributed by atoms with van der Waals surface area (Å²) in [6, 6.07) is 33.0. The zero-order valence-electron chi connectivity index (χ0n) is 24.9. The maximum Gasteiger partial charge on any atom is 0.338 e. The van der Waals surface area contributed by atoms with E-state index in [4.69, 9.17) is 9.47 Å². The number of anilines is 1. The minimum Gasteiger partial charge on any atom is -0.489 e. The normalized spacial score (nSPS) is 23.9. The fourth-order valence-corrected chi connectivity index (χ4v) is 7.52. The smallest absolute Gasteiger partial charge is 0.338 e. The molecule has 4 aromatic rings. The van der Waals surface area contributed by atoms with Crippen LogP contribution in [0.2, 0.25) is 0 Å². The van der Waals surface area contributed by atoms with Gasteiger partial charge < -0.3 is 9.47 Å². The Morgan fingerprint density at radius 3 is 2.07 bits per heavy atom. The molecule has 1 heterocycles. The first-order chi connectivity index (χ1) is 21.9. The van der Waals surface area contributed by atoms with Crippen molar-refractivity contribution in [3.8, 4) is 5.75 Å². The Kier molecular flexibility index (Phi) is 7.53. The second-order valence-corrected chi connectivity index (χ2v) is 12.2. The van der Waals surface area contributed by atoms with Gasteiger partial charge in [0.05, 0.1) is 23.1 Å². The lowest BCUT2D eigenvalue weighted by molar-refractivity contribution is -0.123. The average molecular weight is 600 g/mol. The number of hydrogen-bond acceptors (Lipinski definition) is 6. The maximum absolute atomic E-state index is 13.6. The minimum absolute atomic E-state index is 0.143. The molecule has 7 heteroatoms. The van der Waals surface area contributed by atoms with Crippen LogP contribution in [0, 0.1) is 23.7 Å². The van der Waals surface area contributed by atoms with Crippen molar-refractivity contribution in [1.82, 2.24) is 0 Å². The Hall–Kier alpha value is -5.04. The molecule has 226 valence electrons. The van der Waals surface area contributed by atoms with E-state index in [1.165, 1.54) is 29.5 Å². The highest BCUT2D eigenvalue weighted by Crippen LogP contribution is 2.61. The van der Waals surface area contributed by atoms with Crippen molar-refractivity contribution in [2.75, 3.05) is 4.90 Å². The lowest BCUT2D eigenvalue weighted by Gasteiger charge is -2.28. The van der Waals surface area contributed by atoms with Crippen molar-refractivity contribution >= 4 is 29.3 Å². The molecule has 3 aliphatic rings. The van der Waals surface area contributed by atoms with Crippen molar-refractivity contribution < 1.29 is 28.7 Å². The number of amides is 2. The molecule has 2 bridgehead atoms. The molecule has 2 aliphatic carbocycles. The predicted octanol–water partition coefficient (Wildman–Crippen LogP) is 6.62. The molecule has 6 atom stereocenters. The van der Waals surface area contributed by atoms with Crippen LogP contribution < -0.4 is 9.64 Å². The molecule has 7 nitrogen and oxygen atoms in total. The van der Waals surface area contributed by atoms with Crippen LogP contribution in [0.5, 0.6) is 5.75 Å². The number of Topliss-reactive ketones (excluding diaryl/α,β-unsaturated/α-hetero) is 1. The quantitative estimate of drug-likeness (QED) is 0.122. The van der Waals surface area contributed by atoms with Crippen LogP contribution >= 0.6 is 0 Å². The van der Waals surface area contributed by atoms with E-state index in [-0.39, 0.29) is 46.8 Å².